The minimum absolute atomic E-state index is 0.363. The molecule has 0 aliphatic rings. The molecule has 8 heteroatoms. The van der Waals surface area contributed by atoms with E-state index in [-0.39, 0.29) is 5.91 Å². The standard InChI is InChI=1S/C5H4BrNOS.C5H3BrO2S/c2*6-4-2-1-3(9-4)5(7)8/h1-2H,(H2,7,8);1-2H,(H,7,8). The zero-order chi connectivity index (χ0) is 13.7. The summed E-state index contributed by atoms with van der Waals surface area (Å²) >= 11 is 8.92. The van der Waals surface area contributed by atoms with Crippen LogP contribution in [0.3, 0.4) is 0 Å². The Morgan fingerprint density at radius 1 is 1.00 bits per heavy atom. The van der Waals surface area contributed by atoms with E-state index in [4.69, 9.17) is 10.8 Å². The summed E-state index contributed by atoms with van der Waals surface area (Å²) in [6.07, 6.45) is 0. The molecule has 4 nitrogen and oxygen atoms in total. The first-order valence-corrected chi connectivity index (χ1v) is 7.66. The Bertz CT molecular complexity index is 515. The van der Waals surface area contributed by atoms with Crippen LogP contribution in [-0.2, 0) is 0 Å². The van der Waals surface area contributed by atoms with Gasteiger partial charge in [-0.2, -0.15) is 0 Å². The summed E-state index contributed by atoms with van der Waals surface area (Å²) in [5, 5.41) is 8.39. The van der Waals surface area contributed by atoms with Crippen molar-refractivity contribution in [3.05, 3.63) is 41.6 Å². The van der Waals surface area contributed by atoms with Crippen LogP contribution in [-0.4, -0.2) is 17.0 Å². The molecule has 0 saturated heterocycles. The fraction of sp³-hybridized carbons (Fsp3) is 0. The van der Waals surface area contributed by atoms with Crippen LogP contribution in [0.15, 0.2) is 31.8 Å². The molecule has 0 aliphatic heterocycles. The van der Waals surface area contributed by atoms with Crippen LogP contribution in [0.4, 0.5) is 0 Å². The van der Waals surface area contributed by atoms with Crippen molar-refractivity contribution in [1.82, 2.24) is 0 Å². The molecule has 1 amide bonds. The Morgan fingerprint density at radius 2 is 1.44 bits per heavy atom. The van der Waals surface area contributed by atoms with Crippen molar-refractivity contribution in [2.75, 3.05) is 0 Å². The number of hydrogen-bond acceptors (Lipinski definition) is 4. The Hall–Kier alpha value is -0.700. The monoisotopic (exact) mass is 411 g/mol. The quantitative estimate of drug-likeness (QED) is 0.786. The SMILES string of the molecule is NC(=O)c1ccc(Br)s1.O=C(O)c1ccc(Br)s1. The largest absolute Gasteiger partial charge is 0.477 e. The molecule has 3 N–H and O–H groups in total. The topological polar surface area (TPSA) is 80.4 Å². The highest BCUT2D eigenvalue weighted by Gasteiger charge is 2.03. The van der Waals surface area contributed by atoms with Crippen LogP contribution < -0.4 is 5.73 Å². The highest BCUT2D eigenvalue weighted by atomic mass is 79.9. The maximum Gasteiger partial charge on any atom is 0.345 e. The predicted octanol–water partition coefficient (Wildman–Crippen LogP) is 3.82. The number of rotatable bonds is 2. The third-order valence-corrected chi connectivity index (χ3v) is 4.85. The minimum Gasteiger partial charge on any atom is -0.477 e. The second-order valence-corrected chi connectivity index (χ2v) is 7.80. The van der Waals surface area contributed by atoms with Crippen molar-refractivity contribution in [3.63, 3.8) is 0 Å². The summed E-state index contributed by atoms with van der Waals surface area (Å²) in [7, 11) is 0. The lowest BCUT2D eigenvalue weighted by molar-refractivity contribution is 0.0702. The van der Waals surface area contributed by atoms with Crippen molar-refractivity contribution < 1.29 is 14.7 Å². The Balaban J connectivity index is 0.000000180. The number of carbonyl (C=O) groups excluding carboxylic acids is 1. The molecule has 0 fully saturated rings. The van der Waals surface area contributed by atoms with E-state index in [1.54, 1.807) is 24.3 Å². The Morgan fingerprint density at radius 3 is 1.61 bits per heavy atom. The van der Waals surface area contributed by atoms with E-state index in [0.29, 0.717) is 9.75 Å². The lowest BCUT2D eigenvalue weighted by Gasteiger charge is -1.81. The van der Waals surface area contributed by atoms with Crippen molar-refractivity contribution in [2.45, 2.75) is 0 Å². The smallest absolute Gasteiger partial charge is 0.345 e. The third-order valence-electron chi connectivity index (χ3n) is 1.60. The molecule has 0 atom stereocenters. The van der Waals surface area contributed by atoms with Crippen molar-refractivity contribution in [2.24, 2.45) is 5.73 Å². The van der Waals surface area contributed by atoms with Gasteiger partial charge in [0.25, 0.3) is 5.91 Å². The number of halogens is 2. The zero-order valence-electron chi connectivity index (χ0n) is 8.72. The summed E-state index contributed by atoms with van der Waals surface area (Å²) in [4.78, 5) is 21.6. The molecule has 0 saturated carbocycles. The molecule has 18 heavy (non-hydrogen) atoms. The second kappa shape index (κ2) is 7.03. The number of thiophene rings is 2. The predicted molar refractivity (Wildman–Crippen MR) is 79.5 cm³/mol. The van der Waals surface area contributed by atoms with Crippen LogP contribution in [0.5, 0.6) is 0 Å². The van der Waals surface area contributed by atoms with E-state index in [1.807, 2.05) is 0 Å². The molecule has 2 aromatic heterocycles. The van der Waals surface area contributed by atoms with E-state index in [1.165, 1.54) is 22.7 Å². The van der Waals surface area contributed by atoms with Gasteiger partial charge in [-0.05, 0) is 56.1 Å². The van der Waals surface area contributed by atoms with Gasteiger partial charge in [0.05, 0.1) is 12.4 Å². The number of amides is 1. The van der Waals surface area contributed by atoms with Gasteiger partial charge in [0.2, 0.25) is 0 Å². The third kappa shape index (κ3) is 4.89. The first-order valence-electron chi connectivity index (χ1n) is 4.44. The molecule has 2 heterocycles. The summed E-state index contributed by atoms with van der Waals surface area (Å²) < 4.78 is 1.77. The summed E-state index contributed by atoms with van der Waals surface area (Å²) in [5.74, 6) is -1.24. The van der Waals surface area contributed by atoms with Crippen molar-refractivity contribution in [3.8, 4) is 0 Å². The number of primary amides is 1. The normalized spacial score (nSPS) is 9.44. The number of carbonyl (C=O) groups is 2. The maximum absolute atomic E-state index is 10.4. The molecule has 0 aromatic carbocycles. The van der Waals surface area contributed by atoms with E-state index >= 15 is 0 Å². The van der Waals surface area contributed by atoms with Gasteiger partial charge in [0.15, 0.2) is 0 Å². The number of carboxylic acids is 1. The number of hydrogen-bond donors (Lipinski definition) is 2. The highest BCUT2D eigenvalue weighted by molar-refractivity contribution is 9.11. The second-order valence-electron chi connectivity index (χ2n) is 2.88. The van der Waals surface area contributed by atoms with Crippen LogP contribution in [0, 0.1) is 0 Å². The van der Waals surface area contributed by atoms with Gasteiger partial charge in [0.1, 0.15) is 4.88 Å². The molecule has 0 aliphatic carbocycles. The molecule has 2 rings (SSSR count). The van der Waals surface area contributed by atoms with Crippen molar-refractivity contribution in [1.29, 1.82) is 0 Å². The summed E-state index contributed by atoms with van der Waals surface area (Å²) in [6.45, 7) is 0. The molecule has 96 valence electrons. The maximum atomic E-state index is 10.4. The fourth-order valence-electron chi connectivity index (χ4n) is 0.876. The number of aromatic carboxylic acids is 1. The molecule has 0 bridgehead atoms. The summed E-state index contributed by atoms with van der Waals surface area (Å²) in [5.41, 5.74) is 4.98. The van der Waals surface area contributed by atoms with Gasteiger partial charge in [-0.1, -0.05) is 0 Å². The Labute approximate surface area is 128 Å². The van der Waals surface area contributed by atoms with Gasteiger partial charge >= 0.3 is 5.97 Å². The number of carboxylic acid groups (broad SMARTS) is 1. The van der Waals surface area contributed by atoms with Gasteiger partial charge < -0.3 is 10.8 Å². The van der Waals surface area contributed by atoms with Crippen LogP contribution in [0.1, 0.15) is 19.3 Å². The van der Waals surface area contributed by atoms with Crippen LogP contribution in [0.2, 0.25) is 0 Å². The van der Waals surface area contributed by atoms with E-state index in [9.17, 15) is 9.59 Å². The molecular formula is C10H7Br2NO3S2. The van der Waals surface area contributed by atoms with E-state index in [0.717, 1.165) is 7.57 Å². The average molecular weight is 413 g/mol. The highest BCUT2D eigenvalue weighted by Crippen LogP contribution is 2.21. The van der Waals surface area contributed by atoms with E-state index < -0.39 is 5.97 Å². The molecule has 0 unspecified atom stereocenters. The lowest BCUT2D eigenvalue weighted by atomic mass is 10.5. The van der Waals surface area contributed by atoms with E-state index in [2.05, 4.69) is 31.9 Å². The van der Waals surface area contributed by atoms with Gasteiger partial charge in [-0.3, -0.25) is 4.79 Å². The molecule has 0 spiro atoms. The molecular weight excluding hydrogens is 406 g/mol. The van der Waals surface area contributed by atoms with Crippen molar-refractivity contribution >= 4 is 66.4 Å². The Kier molecular flexibility index (Phi) is 6.00. The lowest BCUT2D eigenvalue weighted by Crippen LogP contribution is -2.07. The average Bonchev–Trinajstić information content (AvgIpc) is 2.88. The first-order chi connectivity index (χ1) is 8.40. The van der Waals surface area contributed by atoms with Crippen LogP contribution >= 0.6 is 54.5 Å². The van der Waals surface area contributed by atoms with Crippen LogP contribution in [0.25, 0.3) is 0 Å². The zero-order valence-corrected chi connectivity index (χ0v) is 13.5. The van der Waals surface area contributed by atoms with Gasteiger partial charge in [-0.25, -0.2) is 4.79 Å². The summed E-state index contributed by atoms with van der Waals surface area (Å²) in [6, 6.07) is 6.77. The number of nitrogens with two attached hydrogens (primary N) is 1. The van der Waals surface area contributed by atoms with Gasteiger partial charge in [-0.15, -0.1) is 22.7 Å². The molecule has 0 radical (unpaired) electrons. The van der Waals surface area contributed by atoms with Gasteiger partial charge in [0, 0.05) is 0 Å². The molecule has 2 aromatic rings. The minimum atomic E-state index is -0.870. The first kappa shape index (κ1) is 15.4. The fourth-order valence-corrected chi connectivity index (χ4v) is 3.34.